The van der Waals surface area contributed by atoms with Gasteiger partial charge in [-0.3, -0.25) is 0 Å². The molecular formula is C18H19F21OSn. The zero-order chi connectivity index (χ0) is 33.4. The van der Waals surface area contributed by atoms with Crippen LogP contribution < -0.4 is 0 Å². The van der Waals surface area contributed by atoms with Crippen LogP contribution in [0.15, 0.2) is 0 Å². The van der Waals surface area contributed by atoms with E-state index in [9.17, 15) is 65.9 Å². The van der Waals surface area contributed by atoms with E-state index < -0.39 is 106 Å². The predicted octanol–water partition coefficient (Wildman–Crippen LogP) is 9.82. The van der Waals surface area contributed by atoms with Crippen molar-refractivity contribution in [3.05, 3.63) is 0 Å². The molecular weight excluding hydrogens is 750 g/mol. The molecule has 0 aromatic rings. The van der Waals surface area contributed by atoms with Crippen LogP contribution >= 0.6 is 0 Å². The Hall–Kier alpha value is -0.711. The monoisotopic (exact) mass is 770 g/mol. The van der Waals surface area contributed by atoms with Gasteiger partial charge in [-0.25, -0.2) is 0 Å². The summed E-state index contributed by atoms with van der Waals surface area (Å²) in [6, 6.07) is 0. The van der Waals surface area contributed by atoms with E-state index in [0.29, 0.717) is 0 Å². The predicted molar refractivity (Wildman–Crippen MR) is 97.5 cm³/mol. The molecule has 0 fully saturated rings. The first kappa shape index (κ1) is 40.3. The van der Waals surface area contributed by atoms with Crippen molar-refractivity contribution >= 4 is 18.8 Å². The van der Waals surface area contributed by atoms with Crippen molar-refractivity contribution in [1.82, 2.24) is 0 Å². The van der Waals surface area contributed by atoms with Crippen LogP contribution in [0.4, 0.5) is 92.2 Å². The average Bonchev–Trinajstić information content (AvgIpc) is 2.64. The van der Waals surface area contributed by atoms with E-state index in [2.05, 4.69) is 3.07 Å². The molecule has 0 N–H and O–H groups in total. The first-order valence-electron chi connectivity index (χ1n) is 10.8. The summed E-state index contributed by atoms with van der Waals surface area (Å²) in [4.78, 5) is 0. The summed E-state index contributed by atoms with van der Waals surface area (Å²) in [6.07, 6.45) is -35.3. The van der Waals surface area contributed by atoms with Crippen LogP contribution in [-0.4, -0.2) is 73.5 Å². The maximum atomic E-state index is 15.1. The van der Waals surface area contributed by atoms with Crippen LogP contribution in [0, 0.1) is 0 Å². The average molecular weight is 769 g/mol. The molecule has 0 aliphatic heterocycles. The van der Waals surface area contributed by atoms with Gasteiger partial charge < -0.3 is 0 Å². The Morgan fingerprint density at radius 2 is 0.683 bits per heavy atom. The van der Waals surface area contributed by atoms with Crippen LogP contribution in [0.2, 0.25) is 0 Å². The Morgan fingerprint density at radius 1 is 0.415 bits per heavy atom. The fourth-order valence-corrected chi connectivity index (χ4v) is 14.9. The van der Waals surface area contributed by atoms with Gasteiger partial charge in [0.2, 0.25) is 0 Å². The molecule has 0 saturated heterocycles. The fraction of sp³-hybridized carbons (Fsp3) is 1.00. The molecule has 0 aromatic heterocycles. The molecule has 0 unspecified atom stereocenters. The van der Waals surface area contributed by atoms with Gasteiger partial charge in [0.25, 0.3) is 0 Å². The zero-order valence-electron chi connectivity index (χ0n) is 20.0. The number of rotatable bonds is 15. The topological polar surface area (TPSA) is 9.23 Å². The van der Waals surface area contributed by atoms with Crippen molar-refractivity contribution in [3.63, 3.8) is 0 Å². The van der Waals surface area contributed by atoms with Crippen molar-refractivity contribution in [2.75, 3.05) is 6.61 Å². The van der Waals surface area contributed by atoms with E-state index in [0.717, 1.165) is 0 Å². The second-order valence-corrected chi connectivity index (χ2v) is 18.9. The molecule has 0 heterocycles. The van der Waals surface area contributed by atoms with Crippen LogP contribution in [0.25, 0.3) is 0 Å². The van der Waals surface area contributed by atoms with Crippen molar-refractivity contribution < 1.29 is 95.3 Å². The van der Waals surface area contributed by atoms with Crippen molar-refractivity contribution in [2.45, 2.75) is 100.0 Å². The fourth-order valence-electron chi connectivity index (χ4n) is 3.48. The van der Waals surface area contributed by atoms with E-state index in [1.807, 2.05) is 0 Å². The molecule has 248 valence electrons. The van der Waals surface area contributed by atoms with Gasteiger partial charge >= 0.3 is 221 Å². The minimum absolute atomic E-state index is 0.0911. The van der Waals surface area contributed by atoms with Gasteiger partial charge in [-0.05, 0) is 0 Å². The Morgan fingerprint density at radius 3 is 0.902 bits per heavy atom. The van der Waals surface area contributed by atoms with Crippen LogP contribution in [0.1, 0.15) is 51.9 Å². The Labute approximate surface area is 221 Å². The van der Waals surface area contributed by atoms with E-state index in [4.69, 9.17) is 0 Å². The minimum atomic E-state index is -11.7. The van der Waals surface area contributed by atoms with E-state index in [1.165, 1.54) is 6.92 Å². The van der Waals surface area contributed by atoms with Crippen molar-refractivity contribution in [2.24, 2.45) is 0 Å². The van der Waals surface area contributed by atoms with Crippen LogP contribution in [-0.2, 0) is 3.07 Å². The third-order valence-electron chi connectivity index (χ3n) is 5.29. The number of alkyl halides is 21. The summed E-state index contributed by atoms with van der Waals surface area (Å²) in [6.45, 7) is -1.02. The van der Waals surface area contributed by atoms with Crippen LogP contribution in [0.5, 0.6) is 0 Å². The van der Waals surface area contributed by atoms with Crippen molar-refractivity contribution in [1.29, 1.82) is 0 Å². The van der Waals surface area contributed by atoms with Gasteiger partial charge in [-0.15, -0.1) is 0 Å². The molecule has 0 aromatic carbocycles. The van der Waals surface area contributed by atoms with Gasteiger partial charge in [0, 0.05) is 0 Å². The third-order valence-corrected chi connectivity index (χ3v) is 17.8. The van der Waals surface area contributed by atoms with Gasteiger partial charge in [-0.1, -0.05) is 0 Å². The number of halogens is 21. The number of hydrogen-bond acceptors (Lipinski definition) is 1. The maximum absolute atomic E-state index is 15.1. The summed E-state index contributed by atoms with van der Waals surface area (Å²) in [7, 11) is 0. The second kappa shape index (κ2) is 12.4. The molecule has 0 saturated carbocycles. The van der Waals surface area contributed by atoms with Gasteiger partial charge in [0.1, 0.15) is 0 Å². The van der Waals surface area contributed by atoms with Crippen LogP contribution in [0.3, 0.4) is 0 Å². The molecule has 1 nitrogen and oxygen atoms in total. The quantitative estimate of drug-likeness (QED) is 0.0917. The van der Waals surface area contributed by atoms with Gasteiger partial charge in [-0.2, -0.15) is 0 Å². The number of unbranched alkanes of at least 4 members (excludes halogenated alkanes) is 3. The number of hydrogen-bond donors (Lipinski definition) is 0. The summed E-state index contributed by atoms with van der Waals surface area (Å²) in [5.74, 6) is -22.5. The van der Waals surface area contributed by atoms with E-state index >= 15 is 26.3 Å². The Kier molecular flexibility index (Phi) is 12.1. The second-order valence-electron chi connectivity index (χ2n) is 8.80. The Balaban J connectivity index is 8.02. The summed E-state index contributed by atoms with van der Waals surface area (Å²) < 4.78 is 268. The first-order chi connectivity index (χ1) is 17.7. The molecule has 0 bridgehead atoms. The standard InChI is InChI=1S/C6H13O.3C4H2F7.Sn/c1-2-3-4-5-6-7;3*5-2(6)3(7,8)1-4(9,10)11;/h2-6H2,1H3;3*1H2;/q-1;;;;+1. The van der Waals surface area contributed by atoms with Gasteiger partial charge in [0.15, 0.2) is 0 Å². The zero-order valence-corrected chi connectivity index (χ0v) is 22.9. The molecule has 0 amide bonds. The first-order valence-corrected chi connectivity index (χ1v) is 16.2. The van der Waals surface area contributed by atoms with E-state index in [1.54, 1.807) is 0 Å². The normalized spacial score (nSPS) is 16.0. The summed E-state index contributed by atoms with van der Waals surface area (Å²) in [5.41, 5.74) is 0. The molecule has 0 aliphatic rings. The molecule has 0 spiro atoms. The van der Waals surface area contributed by atoms with Crippen molar-refractivity contribution in [3.8, 4) is 0 Å². The SMILES string of the molecule is CCCCCC[O][Sn]([C](F)(F)C(F)(F)CC(F)(F)F)([C](F)(F)C(F)(F)CC(F)(F)F)[C](F)(F)C(F)(F)CC(F)(F)F. The molecule has 0 aliphatic carbocycles. The molecule has 23 heteroatoms. The molecule has 0 rings (SSSR count). The molecule has 0 radical (unpaired) electrons. The van der Waals surface area contributed by atoms with E-state index in [-0.39, 0.29) is 12.8 Å². The Bertz CT molecular complexity index is 743. The third kappa shape index (κ3) is 8.69. The molecule has 41 heavy (non-hydrogen) atoms. The molecule has 0 atom stereocenters. The summed E-state index contributed by atoms with van der Waals surface area (Å²) >= 11 is -11.7. The van der Waals surface area contributed by atoms with Gasteiger partial charge in [0.05, 0.1) is 0 Å². The summed E-state index contributed by atoms with van der Waals surface area (Å²) in [5, 5.41) is 0.